The summed E-state index contributed by atoms with van der Waals surface area (Å²) in [6.07, 6.45) is 15.6. The quantitative estimate of drug-likeness (QED) is 0.338. The molecule has 4 aliphatic carbocycles. The predicted octanol–water partition coefficient (Wildman–Crippen LogP) is 4.85. The van der Waals surface area contributed by atoms with Crippen molar-refractivity contribution in [3.8, 4) is 6.07 Å². The maximum Gasteiger partial charge on any atom is 0.254 e. The number of nitriles is 1. The van der Waals surface area contributed by atoms with E-state index in [1.807, 2.05) is 29.2 Å². The van der Waals surface area contributed by atoms with E-state index in [4.69, 9.17) is 0 Å². The third kappa shape index (κ3) is 4.72. The summed E-state index contributed by atoms with van der Waals surface area (Å²) in [4.78, 5) is 38.9. The lowest BCUT2D eigenvalue weighted by molar-refractivity contribution is -0.141. The van der Waals surface area contributed by atoms with E-state index in [0.29, 0.717) is 41.6 Å². The van der Waals surface area contributed by atoms with Gasteiger partial charge in [0.2, 0.25) is 0 Å². The number of hydrogen-bond acceptors (Lipinski definition) is 6. The van der Waals surface area contributed by atoms with Crippen LogP contribution in [0.3, 0.4) is 0 Å². The second-order valence-corrected chi connectivity index (χ2v) is 12.5. The number of allylic oxidation sites excluding steroid dienone is 1. The molecular weight excluding hydrogens is 510 g/mol. The molecule has 7 nitrogen and oxygen atoms in total. The van der Waals surface area contributed by atoms with Gasteiger partial charge in [-0.05, 0) is 115 Å². The summed E-state index contributed by atoms with van der Waals surface area (Å²) in [6, 6.07) is 16.7. The third-order valence-electron chi connectivity index (χ3n) is 9.81. The first-order chi connectivity index (χ1) is 20.0. The topological polar surface area (TPSA) is 99.0 Å². The molecule has 4 saturated carbocycles. The Morgan fingerprint density at radius 2 is 1.41 bits per heavy atom. The van der Waals surface area contributed by atoms with Gasteiger partial charge in [-0.3, -0.25) is 24.5 Å². The highest BCUT2D eigenvalue weighted by Gasteiger charge is 2.57. The van der Waals surface area contributed by atoms with Crippen molar-refractivity contribution in [2.24, 2.45) is 23.7 Å². The normalized spacial score (nSPS) is 28.5. The number of nitrogens with one attached hydrogen (secondary N) is 1. The zero-order valence-electron chi connectivity index (χ0n) is 22.9. The molecule has 0 atom stereocenters. The number of ketones is 1. The molecule has 8 rings (SSSR count). The van der Waals surface area contributed by atoms with Crippen LogP contribution in [0.25, 0.3) is 0 Å². The predicted molar refractivity (Wildman–Crippen MR) is 153 cm³/mol. The second-order valence-electron chi connectivity index (χ2n) is 12.5. The molecule has 1 aliphatic heterocycles. The van der Waals surface area contributed by atoms with Gasteiger partial charge in [-0.1, -0.05) is 0 Å². The van der Waals surface area contributed by atoms with Crippen molar-refractivity contribution < 1.29 is 9.59 Å². The SMILES string of the molecule is N#Cc1ccc(C(=O)C=C2NC(Cc3ccncc3)(Cc3ccncc3)C(=O)N2C2C3CC4CC(C3)CC2C4)cc1. The summed E-state index contributed by atoms with van der Waals surface area (Å²) in [5.74, 6) is 2.93. The molecule has 1 amide bonds. The molecular formula is C34H33N5O2. The number of hydrogen-bond donors (Lipinski definition) is 1. The molecule has 41 heavy (non-hydrogen) atoms. The lowest BCUT2D eigenvalue weighted by atomic mass is 9.54. The van der Waals surface area contributed by atoms with Gasteiger partial charge in [0.15, 0.2) is 5.78 Å². The monoisotopic (exact) mass is 543 g/mol. The number of carbonyl (C=O) groups excluding carboxylic acids is 2. The number of rotatable bonds is 7. The molecule has 0 spiro atoms. The van der Waals surface area contributed by atoms with E-state index in [1.54, 1.807) is 55.1 Å². The standard InChI is InChI=1S/C34H33N5O2/c35-21-24-1-3-27(4-2-24)30(40)18-31-38-34(19-22-5-9-36-10-6-22,20-23-7-11-37-12-8-23)33(41)39(31)32-28-14-25-13-26(16-28)17-29(32)15-25/h1-12,18,25-26,28-29,32,38H,13-17,19-20H2. The summed E-state index contributed by atoms with van der Waals surface area (Å²) in [5, 5.41) is 12.9. The number of pyridine rings is 2. The van der Waals surface area contributed by atoms with Crippen LogP contribution in [0.1, 0.15) is 59.2 Å². The molecule has 5 aliphatic rings. The Morgan fingerprint density at radius 1 is 0.878 bits per heavy atom. The van der Waals surface area contributed by atoms with E-state index in [9.17, 15) is 14.9 Å². The van der Waals surface area contributed by atoms with Gasteiger partial charge in [0.1, 0.15) is 11.4 Å². The van der Waals surface area contributed by atoms with Crippen LogP contribution in [0.5, 0.6) is 0 Å². The van der Waals surface area contributed by atoms with Crippen molar-refractivity contribution >= 4 is 11.7 Å². The van der Waals surface area contributed by atoms with Gasteiger partial charge >= 0.3 is 0 Å². The van der Waals surface area contributed by atoms with Crippen LogP contribution in [0.15, 0.2) is 85.2 Å². The lowest BCUT2D eigenvalue weighted by Gasteiger charge is -2.56. The van der Waals surface area contributed by atoms with Gasteiger partial charge in [0, 0.05) is 55.3 Å². The molecule has 1 aromatic carbocycles. The van der Waals surface area contributed by atoms with Gasteiger partial charge < -0.3 is 5.32 Å². The molecule has 0 radical (unpaired) electrons. The minimum Gasteiger partial charge on any atom is -0.357 e. The number of benzene rings is 1. The first kappa shape index (κ1) is 25.6. The molecule has 3 heterocycles. The number of nitrogens with zero attached hydrogens (tertiary/aromatic N) is 4. The van der Waals surface area contributed by atoms with Crippen LogP contribution >= 0.6 is 0 Å². The Hall–Kier alpha value is -4.31. The highest BCUT2D eigenvalue weighted by atomic mass is 16.2. The zero-order valence-corrected chi connectivity index (χ0v) is 22.9. The van der Waals surface area contributed by atoms with Crippen molar-refractivity contribution in [2.45, 2.75) is 56.5 Å². The van der Waals surface area contributed by atoms with E-state index in [-0.39, 0.29) is 17.7 Å². The fourth-order valence-corrected chi connectivity index (χ4v) is 8.34. The number of aromatic nitrogens is 2. The maximum absolute atomic E-state index is 14.9. The summed E-state index contributed by atoms with van der Waals surface area (Å²) < 4.78 is 0. The molecule has 1 saturated heterocycles. The Kier molecular flexibility index (Phi) is 6.42. The molecule has 5 fully saturated rings. The Labute approximate surface area is 240 Å². The van der Waals surface area contributed by atoms with Crippen LogP contribution in [0.2, 0.25) is 0 Å². The van der Waals surface area contributed by atoms with E-state index in [0.717, 1.165) is 23.0 Å². The minimum atomic E-state index is -0.950. The van der Waals surface area contributed by atoms with Crippen molar-refractivity contribution in [3.05, 3.63) is 107 Å². The Morgan fingerprint density at radius 3 is 1.93 bits per heavy atom. The number of amides is 1. The third-order valence-corrected chi connectivity index (χ3v) is 9.81. The summed E-state index contributed by atoms with van der Waals surface area (Å²) in [7, 11) is 0. The van der Waals surface area contributed by atoms with Crippen LogP contribution in [-0.4, -0.2) is 38.1 Å². The van der Waals surface area contributed by atoms with Crippen molar-refractivity contribution in [2.75, 3.05) is 0 Å². The van der Waals surface area contributed by atoms with Gasteiger partial charge in [-0.25, -0.2) is 0 Å². The molecule has 3 aromatic rings. The molecule has 1 N–H and O–H groups in total. The molecule has 7 heteroatoms. The summed E-state index contributed by atoms with van der Waals surface area (Å²) in [6.45, 7) is 0. The van der Waals surface area contributed by atoms with Crippen LogP contribution in [-0.2, 0) is 17.6 Å². The molecule has 206 valence electrons. The highest BCUT2D eigenvalue weighted by molar-refractivity contribution is 6.06. The van der Waals surface area contributed by atoms with E-state index < -0.39 is 5.54 Å². The van der Waals surface area contributed by atoms with E-state index >= 15 is 0 Å². The fourth-order valence-electron chi connectivity index (χ4n) is 8.34. The van der Waals surface area contributed by atoms with E-state index in [2.05, 4.69) is 21.4 Å². The first-order valence-corrected chi connectivity index (χ1v) is 14.7. The smallest absolute Gasteiger partial charge is 0.254 e. The van der Waals surface area contributed by atoms with Crippen molar-refractivity contribution in [1.29, 1.82) is 5.26 Å². The molecule has 0 unspecified atom stereocenters. The van der Waals surface area contributed by atoms with Gasteiger partial charge in [-0.15, -0.1) is 0 Å². The van der Waals surface area contributed by atoms with Crippen molar-refractivity contribution in [1.82, 2.24) is 20.2 Å². The zero-order chi connectivity index (χ0) is 28.0. The summed E-state index contributed by atoms with van der Waals surface area (Å²) >= 11 is 0. The lowest BCUT2D eigenvalue weighted by Crippen LogP contribution is -2.58. The fraction of sp³-hybridized carbons (Fsp3) is 0.382. The molecule has 2 aromatic heterocycles. The van der Waals surface area contributed by atoms with Crippen molar-refractivity contribution in [3.63, 3.8) is 0 Å². The first-order valence-electron chi connectivity index (χ1n) is 14.7. The summed E-state index contributed by atoms with van der Waals surface area (Å²) in [5.41, 5.74) is 2.08. The highest BCUT2D eigenvalue weighted by Crippen LogP contribution is 2.56. The van der Waals surface area contributed by atoms with Gasteiger partial charge in [0.25, 0.3) is 5.91 Å². The Balaban J connectivity index is 1.31. The average Bonchev–Trinajstić information content (AvgIpc) is 3.23. The largest absolute Gasteiger partial charge is 0.357 e. The minimum absolute atomic E-state index is 0.0440. The average molecular weight is 544 g/mol. The van der Waals surface area contributed by atoms with Gasteiger partial charge in [-0.2, -0.15) is 5.26 Å². The van der Waals surface area contributed by atoms with E-state index in [1.165, 1.54) is 32.1 Å². The van der Waals surface area contributed by atoms with Crippen LogP contribution < -0.4 is 5.32 Å². The second kappa shape index (κ2) is 10.3. The maximum atomic E-state index is 14.9. The Bertz CT molecular complexity index is 1460. The number of carbonyl (C=O) groups is 2. The molecule has 4 bridgehead atoms. The van der Waals surface area contributed by atoms with Crippen LogP contribution in [0.4, 0.5) is 0 Å². The van der Waals surface area contributed by atoms with Gasteiger partial charge in [0.05, 0.1) is 11.6 Å². The van der Waals surface area contributed by atoms with Crippen LogP contribution in [0, 0.1) is 35.0 Å².